The van der Waals surface area contributed by atoms with Crippen molar-refractivity contribution < 1.29 is 69.3 Å². The van der Waals surface area contributed by atoms with Gasteiger partial charge in [-0.15, -0.1) is 0 Å². The second-order valence-corrected chi connectivity index (χ2v) is 5.49. The van der Waals surface area contributed by atoms with Crippen molar-refractivity contribution in [1.29, 1.82) is 0 Å². The van der Waals surface area contributed by atoms with Crippen LogP contribution in [0.5, 0.6) is 0 Å². The van der Waals surface area contributed by atoms with E-state index in [1.165, 1.54) is 0 Å². The first-order valence-corrected chi connectivity index (χ1v) is 7.66. The lowest BCUT2D eigenvalue weighted by molar-refractivity contribution is -0.144. The molecule has 0 aromatic heterocycles. The number of hydrogen-bond acceptors (Lipinski definition) is 8. The number of aliphatic carboxylic acids is 3. The van der Waals surface area contributed by atoms with E-state index in [1.54, 1.807) is 0 Å². The van der Waals surface area contributed by atoms with Crippen molar-refractivity contribution in [2.75, 3.05) is 19.6 Å². The minimum atomic E-state index is -1.66. The van der Waals surface area contributed by atoms with E-state index < -0.39 is 83.7 Å². The Morgan fingerprint density at radius 1 is 0.484 bits per heavy atom. The van der Waals surface area contributed by atoms with Crippen molar-refractivity contribution >= 4 is 41.8 Å². The molecule has 15 heteroatoms. The Balaban J connectivity index is 0.000000615. The van der Waals surface area contributed by atoms with Crippen LogP contribution >= 0.6 is 0 Å². The quantitative estimate of drug-likeness (QED) is 0.228. The summed E-state index contributed by atoms with van der Waals surface area (Å²) in [6.07, 6.45) is 0. The summed E-state index contributed by atoms with van der Waals surface area (Å²) in [5.74, 6) is -10.4. The fourth-order valence-electron chi connectivity index (χ4n) is 2.05. The fourth-order valence-corrected chi connectivity index (χ4v) is 2.05. The first kappa shape index (κ1) is 26.5. The summed E-state index contributed by atoms with van der Waals surface area (Å²) < 4.78 is 0. The summed E-state index contributed by atoms with van der Waals surface area (Å²) in [7, 11) is 0. The van der Waals surface area contributed by atoms with E-state index in [2.05, 4.69) is 0 Å². The van der Waals surface area contributed by atoms with Gasteiger partial charge in [0, 0.05) is 0 Å². The number of carbonyl (C=O) groups is 7. The van der Waals surface area contributed by atoms with Gasteiger partial charge in [0.2, 0.25) is 0 Å². The number of nitrogens with zero attached hydrogens (tertiary/aromatic N) is 1. The lowest BCUT2D eigenvalue weighted by atomic mass is 9.98. The Morgan fingerprint density at radius 2 is 0.677 bits per heavy atom. The summed E-state index contributed by atoms with van der Waals surface area (Å²) in [6.45, 7) is -1.80. The highest BCUT2D eigenvalue weighted by Crippen LogP contribution is 2.18. The Kier molecular flexibility index (Phi) is 9.79. The van der Waals surface area contributed by atoms with Crippen LogP contribution in [0.1, 0.15) is 41.4 Å². The molecule has 0 fully saturated rings. The predicted octanol–water partition coefficient (Wildman–Crippen LogP) is -0.978. The van der Waals surface area contributed by atoms with Crippen LogP contribution in [0.15, 0.2) is 12.1 Å². The fraction of sp³-hybridized carbons (Fsp3) is 0.188. The van der Waals surface area contributed by atoms with E-state index in [4.69, 9.17) is 35.7 Å². The second kappa shape index (κ2) is 11.5. The molecule has 1 rings (SSSR count). The number of benzene rings is 1. The van der Waals surface area contributed by atoms with Crippen LogP contribution in [-0.4, -0.2) is 102 Å². The van der Waals surface area contributed by atoms with E-state index in [1.807, 2.05) is 0 Å². The lowest BCUT2D eigenvalue weighted by Gasteiger charge is -2.14. The highest BCUT2D eigenvalue weighted by atomic mass is 16.4. The minimum Gasteiger partial charge on any atom is -0.480 e. The Bertz CT molecular complexity index is 798. The maximum absolute atomic E-state index is 10.8. The number of hydrogen-bond donors (Lipinski definition) is 7. The number of carboxylic acids is 7. The van der Waals surface area contributed by atoms with E-state index >= 15 is 0 Å². The molecule has 0 atom stereocenters. The van der Waals surface area contributed by atoms with E-state index in [-0.39, 0.29) is 0 Å². The molecule has 7 N–H and O–H groups in total. The van der Waals surface area contributed by atoms with Gasteiger partial charge < -0.3 is 35.7 Å². The van der Waals surface area contributed by atoms with E-state index in [9.17, 15) is 33.6 Å². The largest absolute Gasteiger partial charge is 0.480 e. The third-order valence-electron chi connectivity index (χ3n) is 3.16. The topological polar surface area (TPSA) is 264 Å². The van der Waals surface area contributed by atoms with Crippen molar-refractivity contribution in [3.8, 4) is 0 Å². The number of rotatable bonds is 10. The van der Waals surface area contributed by atoms with Crippen LogP contribution in [-0.2, 0) is 14.4 Å². The monoisotopic (exact) mass is 445 g/mol. The first-order valence-electron chi connectivity index (χ1n) is 7.66. The van der Waals surface area contributed by atoms with Gasteiger partial charge in [-0.05, 0) is 12.1 Å². The van der Waals surface area contributed by atoms with Crippen molar-refractivity contribution in [3.05, 3.63) is 34.4 Å². The summed E-state index contributed by atoms with van der Waals surface area (Å²) in [6, 6.07) is 1.02. The summed E-state index contributed by atoms with van der Waals surface area (Å²) in [4.78, 5) is 74.3. The van der Waals surface area contributed by atoms with Gasteiger partial charge in [0.25, 0.3) is 0 Å². The third-order valence-corrected chi connectivity index (χ3v) is 3.16. The average Bonchev–Trinajstić information content (AvgIpc) is 2.58. The van der Waals surface area contributed by atoms with Crippen molar-refractivity contribution in [1.82, 2.24) is 4.90 Å². The molecule has 0 bridgehead atoms. The maximum Gasteiger partial charge on any atom is 0.336 e. The van der Waals surface area contributed by atoms with Gasteiger partial charge in [-0.25, -0.2) is 19.2 Å². The molecule has 0 heterocycles. The molecule has 0 aliphatic rings. The number of aromatic carboxylic acids is 4. The van der Waals surface area contributed by atoms with E-state index in [0.717, 1.165) is 4.90 Å². The standard InChI is InChI=1S/C10H6O8.C6H9NO6/c11-7(12)3-1-4(8(13)14)6(10(17)18)2-5(3)9(15)16;8-4(9)1-7(2-5(10)11)3-6(12)13/h1-2H,(H,11,12)(H,13,14)(H,15,16)(H,17,18);1-3H2,(H,8,9)(H,10,11)(H,12,13). The second-order valence-electron chi connectivity index (χ2n) is 5.49. The molecule has 0 unspecified atom stereocenters. The van der Waals surface area contributed by atoms with Crippen LogP contribution in [0.3, 0.4) is 0 Å². The zero-order chi connectivity index (χ0) is 24.5. The van der Waals surface area contributed by atoms with Crippen LogP contribution in [0.4, 0.5) is 0 Å². The highest BCUT2D eigenvalue weighted by molar-refractivity contribution is 6.09. The third kappa shape index (κ3) is 9.01. The van der Waals surface area contributed by atoms with Crippen LogP contribution in [0.25, 0.3) is 0 Å². The Hall–Kier alpha value is -4.53. The van der Waals surface area contributed by atoms with Gasteiger partial charge in [-0.1, -0.05) is 0 Å². The van der Waals surface area contributed by atoms with Crippen LogP contribution < -0.4 is 0 Å². The van der Waals surface area contributed by atoms with E-state index in [0.29, 0.717) is 12.1 Å². The first-order chi connectivity index (χ1) is 14.2. The van der Waals surface area contributed by atoms with Gasteiger partial charge >= 0.3 is 41.8 Å². The van der Waals surface area contributed by atoms with Crippen molar-refractivity contribution in [3.63, 3.8) is 0 Å². The smallest absolute Gasteiger partial charge is 0.336 e. The highest BCUT2D eigenvalue weighted by Gasteiger charge is 2.25. The molecule has 31 heavy (non-hydrogen) atoms. The van der Waals surface area contributed by atoms with Gasteiger partial charge in [0.15, 0.2) is 0 Å². The molecule has 15 nitrogen and oxygen atoms in total. The Morgan fingerprint density at radius 3 is 0.806 bits per heavy atom. The van der Waals surface area contributed by atoms with Crippen molar-refractivity contribution in [2.45, 2.75) is 0 Å². The molecule has 0 saturated carbocycles. The SMILES string of the molecule is O=C(O)CN(CC(=O)O)CC(=O)O.O=C(O)c1cc(C(=O)O)c(C(=O)O)cc1C(=O)O. The normalized spacial score (nSPS) is 9.84. The Labute approximate surface area is 171 Å². The summed E-state index contributed by atoms with van der Waals surface area (Å²) >= 11 is 0. The van der Waals surface area contributed by atoms with Crippen LogP contribution in [0.2, 0.25) is 0 Å². The number of carboxylic acid groups (broad SMARTS) is 7. The van der Waals surface area contributed by atoms with Gasteiger partial charge in [0.1, 0.15) is 0 Å². The average molecular weight is 445 g/mol. The van der Waals surface area contributed by atoms with Gasteiger partial charge in [-0.2, -0.15) is 0 Å². The minimum absolute atomic E-state index is 0.511. The molecule has 168 valence electrons. The lowest BCUT2D eigenvalue weighted by Crippen LogP contribution is -2.38. The molecule has 0 saturated heterocycles. The van der Waals surface area contributed by atoms with Gasteiger partial charge in [0.05, 0.1) is 41.9 Å². The molecule has 0 aliphatic heterocycles. The molecule has 0 radical (unpaired) electrons. The summed E-state index contributed by atoms with van der Waals surface area (Å²) in [5, 5.41) is 59.8. The molecular weight excluding hydrogens is 430 g/mol. The zero-order valence-electron chi connectivity index (χ0n) is 15.2. The molecule has 1 aromatic carbocycles. The molecule has 0 aliphatic carbocycles. The molecule has 0 spiro atoms. The molecule has 0 amide bonds. The molecule has 1 aromatic rings. The predicted molar refractivity (Wildman–Crippen MR) is 93.6 cm³/mol. The van der Waals surface area contributed by atoms with Crippen molar-refractivity contribution in [2.24, 2.45) is 0 Å². The zero-order valence-corrected chi connectivity index (χ0v) is 15.2. The summed E-state index contributed by atoms with van der Waals surface area (Å²) in [5.41, 5.74) is -3.15. The molecular formula is C16H15NO14. The van der Waals surface area contributed by atoms with Gasteiger partial charge in [-0.3, -0.25) is 19.3 Å². The van der Waals surface area contributed by atoms with Crippen LogP contribution in [0, 0.1) is 0 Å². The maximum atomic E-state index is 10.8.